The molecule has 7 heteroatoms. The molecule has 2 N–H and O–H groups in total. The fourth-order valence-electron chi connectivity index (χ4n) is 2.10. The van der Waals surface area contributed by atoms with E-state index < -0.39 is 22.2 Å². The highest BCUT2D eigenvalue weighted by atomic mass is 79.9. The normalized spacial score (nSPS) is 21.3. The largest absolute Gasteiger partial charge is 0.389 e. The highest BCUT2D eigenvalue weighted by Gasteiger charge is 2.29. The van der Waals surface area contributed by atoms with Crippen LogP contribution in [0, 0.1) is 0 Å². The molecule has 0 spiro atoms. The van der Waals surface area contributed by atoms with Crippen LogP contribution in [0.25, 0.3) is 0 Å². The Morgan fingerprint density at radius 2 is 2.11 bits per heavy atom. The lowest BCUT2D eigenvalue weighted by Gasteiger charge is -2.20. The molecule has 0 aliphatic carbocycles. The van der Waals surface area contributed by atoms with Crippen molar-refractivity contribution in [2.45, 2.75) is 18.6 Å². The molecule has 106 valence electrons. The highest BCUT2D eigenvalue weighted by Crippen LogP contribution is 2.28. The van der Waals surface area contributed by atoms with E-state index in [1.165, 1.54) is 4.31 Å². The molecular weight excluding hydrogens is 334 g/mol. The van der Waals surface area contributed by atoms with Crippen molar-refractivity contribution in [1.82, 2.24) is 0 Å². The van der Waals surface area contributed by atoms with E-state index in [-0.39, 0.29) is 11.1 Å². The molecule has 1 aromatic rings. The van der Waals surface area contributed by atoms with Gasteiger partial charge in [-0.2, -0.15) is 0 Å². The second-order valence-corrected chi connectivity index (χ2v) is 7.16. The Morgan fingerprint density at radius 3 is 2.68 bits per heavy atom. The van der Waals surface area contributed by atoms with E-state index in [1.54, 1.807) is 24.3 Å². The fourth-order valence-corrected chi connectivity index (χ4v) is 4.01. The van der Waals surface area contributed by atoms with Crippen LogP contribution in [0.4, 0.5) is 5.69 Å². The minimum absolute atomic E-state index is 0.157. The van der Waals surface area contributed by atoms with Crippen molar-refractivity contribution in [1.29, 1.82) is 0 Å². The van der Waals surface area contributed by atoms with Crippen molar-refractivity contribution in [3.63, 3.8) is 0 Å². The molecule has 1 saturated heterocycles. The minimum Gasteiger partial charge on any atom is -0.389 e. The molecule has 0 bridgehead atoms. The quantitative estimate of drug-likeness (QED) is 0.795. The van der Waals surface area contributed by atoms with Crippen LogP contribution in [-0.2, 0) is 10.0 Å². The van der Waals surface area contributed by atoms with Gasteiger partial charge in [0.1, 0.15) is 6.10 Å². The van der Waals surface area contributed by atoms with Crippen molar-refractivity contribution in [2.24, 2.45) is 0 Å². The van der Waals surface area contributed by atoms with E-state index in [1.807, 2.05) is 0 Å². The predicted molar refractivity (Wildman–Crippen MR) is 77.0 cm³/mol. The smallest absolute Gasteiger partial charge is 0.235 e. The van der Waals surface area contributed by atoms with Gasteiger partial charge in [0.05, 0.1) is 17.5 Å². The highest BCUT2D eigenvalue weighted by molar-refractivity contribution is 9.09. The zero-order valence-corrected chi connectivity index (χ0v) is 12.6. The topological polar surface area (TPSA) is 77.8 Å². The molecular formula is C12H16BrNO4S. The fraction of sp³-hybridized carbons (Fsp3) is 0.500. The molecule has 1 aliphatic heterocycles. The number of alkyl halides is 1. The Balaban J connectivity index is 2.30. The van der Waals surface area contributed by atoms with Crippen LogP contribution >= 0.6 is 15.9 Å². The number of aliphatic hydroxyl groups is 2. The summed E-state index contributed by atoms with van der Waals surface area (Å²) in [5.74, 6) is 0.157. The Bertz CT molecular complexity index is 548. The Labute approximate surface area is 121 Å². The van der Waals surface area contributed by atoms with Gasteiger partial charge in [-0.3, -0.25) is 4.31 Å². The molecule has 0 aromatic heterocycles. The summed E-state index contributed by atoms with van der Waals surface area (Å²) in [7, 11) is -3.23. The summed E-state index contributed by atoms with van der Waals surface area (Å²) in [6, 6.07) is 6.66. The van der Waals surface area contributed by atoms with Crippen LogP contribution in [0.2, 0.25) is 0 Å². The van der Waals surface area contributed by atoms with Gasteiger partial charge in [-0.15, -0.1) is 0 Å². The Kier molecular flexibility index (Phi) is 4.50. The lowest BCUT2D eigenvalue weighted by atomic mass is 10.0. The molecule has 5 nitrogen and oxygen atoms in total. The van der Waals surface area contributed by atoms with Crippen molar-refractivity contribution in [3.05, 3.63) is 29.8 Å². The van der Waals surface area contributed by atoms with Crippen LogP contribution in [-0.4, -0.2) is 42.4 Å². The second kappa shape index (κ2) is 5.78. The van der Waals surface area contributed by atoms with Gasteiger partial charge in [0.25, 0.3) is 0 Å². The first kappa shape index (κ1) is 14.8. The standard InChI is InChI=1S/C12H16BrNO4S/c13-8-11(15)12(16)9-3-1-4-10(7-9)14-5-2-6-19(14,17)18/h1,3-4,7,11-12,15-16H,2,5-6,8H2. The molecule has 1 aromatic carbocycles. The number of sulfonamides is 1. The van der Waals surface area contributed by atoms with Crippen molar-refractivity contribution in [3.8, 4) is 0 Å². The number of rotatable bonds is 4. The first-order chi connectivity index (χ1) is 8.95. The van der Waals surface area contributed by atoms with E-state index >= 15 is 0 Å². The van der Waals surface area contributed by atoms with Crippen LogP contribution < -0.4 is 4.31 Å². The van der Waals surface area contributed by atoms with E-state index in [4.69, 9.17) is 0 Å². The van der Waals surface area contributed by atoms with E-state index in [9.17, 15) is 18.6 Å². The molecule has 1 heterocycles. The van der Waals surface area contributed by atoms with Gasteiger partial charge < -0.3 is 10.2 Å². The second-order valence-electron chi connectivity index (χ2n) is 4.50. The molecule has 19 heavy (non-hydrogen) atoms. The molecule has 2 rings (SSSR count). The summed E-state index contributed by atoms with van der Waals surface area (Å²) in [6.45, 7) is 0.461. The molecule has 1 aliphatic rings. The van der Waals surface area contributed by atoms with Crippen LogP contribution in [0.1, 0.15) is 18.1 Å². The summed E-state index contributed by atoms with van der Waals surface area (Å²) in [6.07, 6.45) is -1.35. The van der Waals surface area contributed by atoms with Crippen LogP contribution in [0.5, 0.6) is 0 Å². The van der Waals surface area contributed by atoms with E-state index in [0.717, 1.165) is 0 Å². The Hall–Kier alpha value is -0.630. The number of nitrogens with zero attached hydrogens (tertiary/aromatic N) is 1. The van der Waals surface area contributed by atoms with Crippen molar-refractivity contribution < 1.29 is 18.6 Å². The maximum absolute atomic E-state index is 11.8. The van der Waals surface area contributed by atoms with Gasteiger partial charge in [-0.05, 0) is 24.1 Å². The number of benzene rings is 1. The summed E-state index contributed by atoms with van der Waals surface area (Å²) in [5, 5.41) is 19.8. The van der Waals surface area contributed by atoms with Crippen molar-refractivity contribution >= 4 is 31.6 Å². The average molecular weight is 350 g/mol. The van der Waals surface area contributed by atoms with Crippen molar-refractivity contribution in [2.75, 3.05) is 21.9 Å². The van der Waals surface area contributed by atoms with Crippen LogP contribution in [0.15, 0.2) is 24.3 Å². The maximum Gasteiger partial charge on any atom is 0.235 e. The molecule has 0 saturated carbocycles. The lowest BCUT2D eigenvalue weighted by molar-refractivity contribution is 0.0343. The molecule has 0 amide bonds. The van der Waals surface area contributed by atoms with Gasteiger partial charge in [0, 0.05) is 11.9 Å². The first-order valence-electron chi connectivity index (χ1n) is 5.98. The number of anilines is 1. The summed E-state index contributed by atoms with van der Waals surface area (Å²) in [4.78, 5) is 0. The molecule has 1 fully saturated rings. The van der Waals surface area contributed by atoms with E-state index in [2.05, 4.69) is 15.9 Å². The zero-order valence-electron chi connectivity index (χ0n) is 10.2. The summed E-state index contributed by atoms with van der Waals surface area (Å²) in [5.41, 5.74) is 1.04. The Morgan fingerprint density at radius 1 is 1.37 bits per heavy atom. The SMILES string of the molecule is O=S1(=O)CCCN1c1cccc(C(O)C(O)CBr)c1. The van der Waals surface area contributed by atoms with Gasteiger partial charge in [-0.25, -0.2) is 8.42 Å². The van der Waals surface area contributed by atoms with E-state index in [0.29, 0.717) is 24.2 Å². The number of halogens is 1. The minimum atomic E-state index is -3.23. The summed E-state index contributed by atoms with van der Waals surface area (Å²) >= 11 is 3.10. The molecule has 0 radical (unpaired) electrons. The lowest BCUT2D eigenvalue weighted by Crippen LogP contribution is -2.25. The van der Waals surface area contributed by atoms with Gasteiger partial charge in [-0.1, -0.05) is 28.1 Å². The maximum atomic E-state index is 11.8. The molecule has 2 atom stereocenters. The number of hydrogen-bond acceptors (Lipinski definition) is 4. The zero-order chi connectivity index (χ0) is 14.0. The predicted octanol–water partition coefficient (Wildman–Crippen LogP) is 1.02. The number of aliphatic hydroxyl groups excluding tert-OH is 2. The number of hydrogen-bond donors (Lipinski definition) is 2. The van der Waals surface area contributed by atoms with Gasteiger partial charge >= 0.3 is 0 Å². The third kappa shape index (κ3) is 3.10. The summed E-state index contributed by atoms with van der Waals surface area (Å²) < 4.78 is 25.0. The monoisotopic (exact) mass is 349 g/mol. The first-order valence-corrected chi connectivity index (χ1v) is 8.71. The average Bonchev–Trinajstić information content (AvgIpc) is 2.76. The third-order valence-electron chi connectivity index (χ3n) is 3.12. The van der Waals surface area contributed by atoms with Gasteiger partial charge in [0.15, 0.2) is 0 Å². The third-order valence-corrected chi connectivity index (χ3v) is 5.65. The van der Waals surface area contributed by atoms with Crippen LogP contribution in [0.3, 0.4) is 0 Å². The molecule has 2 unspecified atom stereocenters. The van der Waals surface area contributed by atoms with Gasteiger partial charge in [0.2, 0.25) is 10.0 Å².